The van der Waals surface area contributed by atoms with Gasteiger partial charge in [-0.15, -0.1) is 11.3 Å². The van der Waals surface area contributed by atoms with Crippen molar-refractivity contribution in [2.45, 2.75) is 70.2 Å². The molecule has 4 rings (SSSR count). The molecule has 4 nitrogen and oxygen atoms in total. The highest BCUT2D eigenvalue weighted by Crippen LogP contribution is 2.43. The molecule has 1 saturated heterocycles. The van der Waals surface area contributed by atoms with Crippen LogP contribution in [0.1, 0.15) is 56.9 Å². The van der Waals surface area contributed by atoms with Gasteiger partial charge in [-0.3, -0.25) is 0 Å². The number of ether oxygens (including phenoxy) is 1. The van der Waals surface area contributed by atoms with Crippen LogP contribution in [0.25, 0.3) is 10.2 Å². The molecule has 2 aromatic heterocycles. The molecule has 0 unspecified atom stereocenters. The van der Waals surface area contributed by atoms with Crippen molar-refractivity contribution < 1.29 is 4.74 Å². The molecule has 0 aliphatic carbocycles. The number of hydrogen-bond acceptors (Lipinski definition) is 6. The van der Waals surface area contributed by atoms with Crippen LogP contribution in [0.3, 0.4) is 0 Å². The summed E-state index contributed by atoms with van der Waals surface area (Å²) >= 11 is 3.56. The summed E-state index contributed by atoms with van der Waals surface area (Å²) in [7, 11) is 0. The Hall–Kier alpha value is -0.850. The molecule has 0 N–H and O–H groups in total. The summed E-state index contributed by atoms with van der Waals surface area (Å²) in [6, 6.07) is 0. The van der Waals surface area contributed by atoms with Crippen LogP contribution in [-0.4, -0.2) is 34.4 Å². The zero-order valence-corrected chi connectivity index (χ0v) is 17.1. The van der Waals surface area contributed by atoms with Crippen LogP contribution in [-0.2, 0) is 17.8 Å². The van der Waals surface area contributed by atoms with E-state index < -0.39 is 0 Å². The standard InChI is InChI=1S/C19H27N3OS2/c1-4-19(3)11-13-14(12-23-19)25-17-15(13)16(20-18(21-17)24-5-2)22-9-7-6-8-10-22/h4-12H2,1-3H3/t19-/m0/s1. The third-order valence-corrected chi connectivity index (χ3v) is 7.30. The Morgan fingerprint density at radius 3 is 2.72 bits per heavy atom. The molecule has 1 fully saturated rings. The van der Waals surface area contributed by atoms with Crippen LogP contribution in [0, 0.1) is 0 Å². The average Bonchev–Trinajstić information content (AvgIpc) is 2.99. The van der Waals surface area contributed by atoms with Gasteiger partial charge in [0.05, 0.1) is 17.6 Å². The number of nitrogens with zero attached hydrogens (tertiary/aromatic N) is 3. The van der Waals surface area contributed by atoms with E-state index in [4.69, 9.17) is 14.7 Å². The van der Waals surface area contributed by atoms with Crippen molar-refractivity contribution in [3.05, 3.63) is 10.4 Å². The predicted octanol–water partition coefficient (Wildman–Crippen LogP) is 5.04. The highest BCUT2D eigenvalue weighted by molar-refractivity contribution is 7.99. The van der Waals surface area contributed by atoms with Crippen molar-refractivity contribution >= 4 is 39.1 Å². The smallest absolute Gasteiger partial charge is 0.190 e. The van der Waals surface area contributed by atoms with E-state index in [-0.39, 0.29) is 5.60 Å². The summed E-state index contributed by atoms with van der Waals surface area (Å²) < 4.78 is 6.18. The monoisotopic (exact) mass is 377 g/mol. The number of hydrogen-bond donors (Lipinski definition) is 0. The van der Waals surface area contributed by atoms with Crippen molar-refractivity contribution in [1.29, 1.82) is 0 Å². The first-order chi connectivity index (χ1) is 12.1. The predicted molar refractivity (Wildman–Crippen MR) is 107 cm³/mol. The Morgan fingerprint density at radius 2 is 2.00 bits per heavy atom. The molecule has 0 aromatic carbocycles. The van der Waals surface area contributed by atoms with E-state index in [1.807, 2.05) is 11.3 Å². The molecule has 4 heterocycles. The van der Waals surface area contributed by atoms with Gasteiger partial charge in [0, 0.05) is 24.4 Å². The fourth-order valence-corrected chi connectivity index (χ4v) is 5.51. The maximum Gasteiger partial charge on any atom is 0.190 e. The van der Waals surface area contributed by atoms with Crippen LogP contribution in [0.4, 0.5) is 5.82 Å². The maximum absolute atomic E-state index is 6.18. The lowest BCUT2D eigenvalue weighted by Crippen LogP contribution is -2.34. The molecular formula is C19H27N3OS2. The van der Waals surface area contributed by atoms with Gasteiger partial charge in [0.1, 0.15) is 10.6 Å². The Bertz CT molecular complexity index is 770. The van der Waals surface area contributed by atoms with Gasteiger partial charge in [-0.1, -0.05) is 25.6 Å². The van der Waals surface area contributed by atoms with Gasteiger partial charge in [-0.05, 0) is 43.9 Å². The first-order valence-electron chi connectivity index (χ1n) is 9.47. The highest BCUT2D eigenvalue weighted by Gasteiger charge is 2.34. The van der Waals surface area contributed by atoms with E-state index in [0.29, 0.717) is 0 Å². The van der Waals surface area contributed by atoms with Gasteiger partial charge in [0.2, 0.25) is 0 Å². The summed E-state index contributed by atoms with van der Waals surface area (Å²) in [6.07, 6.45) is 5.88. The molecule has 136 valence electrons. The van der Waals surface area contributed by atoms with Gasteiger partial charge in [-0.2, -0.15) is 0 Å². The molecule has 2 aromatic rings. The Labute approximate surface area is 158 Å². The number of anilines is 1. The first-order valence-corrected chi connectivity index (χ1v) is 11.3. The molecular weight excluding hydrogens is 350 g/mol. The van der Waals surface area contributed by atoms with E-state index in [9.17, 15) is 0 Å². The minimum atomic E-state index is -0.0585. The lowest BCUT2D eigenvalue weighted by Gasteiger charge is -2.34. The van der Waals surface area contributed by atoms with E-state index in [2.05, 4.69) is 25.7 Å². The molecule has 25 heavy (non-hydrogen) atoms. The molecule has 0 amide bonds. The maximum atomic E-state index is 6.18. The molecule has 0 bridgehead atoms. The second kappa shape index (κ2) is 7.05. The zero-order valence-electron chi connectivity index (χ0n) is 15.4. The zero-order chi connectivity index (χ0) is 17.4. The minimum Gasteiger partial charge on any atom is -0.369 e. The summed E-state index contributed by atoms with van der Waals surface area (Å²) in [5.74, 6) is 2.19. The van der Waals surface area contributed by atoms with Gasteiger partial charge in [0.25, 0.3) is 0 Å². The summed E-state index contributed by atoms with van der Waals surface area (Å²) in [6.45, 7) is 9.58. The Morgan fingerprint density at radius 1 is 1.20 bits per heavy atom. The number of thiophene rings is 1. The number of piperidine rings is 1. The van der Waals surface area contributed by atoms with Crippen molar-refractivity contribution in [2.75, 3.05) is 23.7 Å². The fourth-order valence-electron chi connectivity index (χ4n) is 3.79. The van der Waals surface area contributed by atoms with Crippen LogP contribution in [0.2, 0.25) is 0 Å². The second-order valence-electron chi connectivity index (χ2n) is 7.26. The molecule has 0 spiro atoms. The van der Waals surface area contributed by atoms with Gasteiger partial charge in [0.15, 0.2) is 5.16 Å². The summed E-state index contributed by atoms with van der Waals surface area (Å²) in [5.41, 5.74) is 1.39. The lowest BCUT2D eigenvalue weighted by atomic mass is 9.90. The van der Waals surface area contributed by atoms with Gasteiger partial charge < -0.3 is 9.64 Å². The van der Waals surface area contributed by atoms with E-state index in [1.165, 1.54) is 40.9 Å². The largest absolute Gasteiger partial charge is 0.369 e. The summed E-state index contributed by atoms with van der Waals surface area (Å²) in [4.78, 5) is 14.9. The highest BCUT2D eigenvalue weighted by atomic mass is 32.2. The second-order valence-corrected chi connectivity index (χ2v) is 9.58. The quantitative estimate of drug-likeness (QED) is 0.551. The van der Waals surface area contributed by atoms with Crippen molar-refractivity contribution in [3.63, 3.8) is 0 Å². The number of fused-ring (bicyclic) bond motifs is 3. The van der Waals surface area contributed by atoms with Crippen molar-refractivity contribution in [1.82, 2.24) is 9.97 Å². The minimum absolute atomic E-state index is 0.0585. The van der Waals surface area contributed by atoms with Crippen molar-refractivity contribution in [3.8, 4) is 0 Å². The lowest BCUT2D eigenvalue weighted by molar-refractivity contribution is -0.0543. The third kappa shape index (κ3) is 3.28. The van der Waals surface area contributed by atoms with Gasteiger partial charge in [-0.25, -0.2) is 9.97 Å². The van der Waals surface area contributed by atoms with Crippen LogP contribution >= 0.6 is 23.1 Å². The average molecular weight is 378 g/mol. The number of rotatable bonds is 4. The fraction of sp³-hybridized carbons (Fsp3) is 0.684. The normalized spacial score (nSPS) is 23.9. The molecule has 1 atom stereocenters. The molecule has 2 aliphatic rings. The van der Waals surface area contributed by atoms with Crippen molar-refractivity contribution in [2.24, 2.45) is 0 Å². The Balaban J connectivity index is 1.86. The molecule has 2 aliphatic heterocycles. The van der Waals surface area contributed by atoms with Crippen LogP contribution < -0.4 is 4.90 Å². The summed E-state index contributed by atoms with van der Waals surface area (Å²) in [5, 5.41) is 2.23. The van der Waals surface area contributed by atoms with E-state index in [1.54, 1.807) is 11.8 Å². The topological polar surface area (TPSA) is 38.2 Å². The van der Waals surface area contributed by atoms with Crippen LogP contribution in [0.5, 0.6) is 0 Å². The van der Waals surface area contributed by atoms with Crippen LogP contribution in [0.15, 0.2) is 5.16 Å². The Kier molecular flexibility index (Phi) is 4.95. The molecule has 0 saturated carbocycles. The number of aromatic nitrogens is 2. The molecule has 6 heteroatoms. The van der Waals surface area contributed by atoms with Gasteiger partial charge >= 0.3 is 0 Å². The van der Waals surface area contributed by atoms with E-state index in [0.717, 1.165) is 48.3 Å². The first kappa shape index (κ1) is 17.6. The SMILES string of the molecule is CCSc1nc(N2CCCCC2)c2c3c(sc2n1)CO[C@@](C)(CC)C3. The van der Waals surface area contributed by atoms with E-state index >= 15 is 0 Å². The number of thioether (sulfide) groups is 1. The third-order valence-electron chi connectivity index (χ3n) is 5.47. The molecule has 0 radical (unpaired) electrons.